The average molecular weight is 636 g/mol. The number of thioether (sulfide) groups is 4. The molecule has 0 bridgehead atoms. The molecule has 1 aliphatic rings. The first-order chi connectivity index (χ1) is 19.2. The average Bonchev–Trinajstić information content (AvgIpc) is 2.92. The highest BCUT2D eigenvalue weighted by Gasteiger charge is 2.39. The molecule has 2 aromatic rings. The SMILES string of the molecule is O=[N+]([O-])c1cc([N+](=O)[O-])c(N/N=C/c2ccc(N3CCSCCSCCSCCSCC3)cc2)c(C(F)(F)F)c1. The Morgan fingerprint density at radius 3 is 1.82 bits per heavy atom. The molecule has 0 spiro atoms. The predicted octanol–water partition coefficient (Wildman–Crippen LogP) is 6.72. The number of halogens is 3. The highest BCUT2D eigenvalue weighted by Crippen LogP contribution is 2.42. The number of nitrogens with zero attached hydrogens (tertiary/aromatic N) is 4. The summed E-state index contributed by atoms with van der Waals surface area (Å²) in [5.74, 6) is 8.92. The molecule has 0 aromatic heterocycles. The lowest BCUT2D eigenvalue weighted by molar-refractivity contribution is -0.394. The number of rotatable bonds is 6. The molecule has 40 heavy (non-hydrogen) atoms. The van der Waals surface area contributed by atoms with Gasteiger partial charge < -0.3 is 4.90 Å². The van der Waals surface area contributed by atoms with Gasteiger partial charge in [-0.3, -0.25) is 25.7 Å². The van der Waals surface area contributed by atoms with E-state index >= 15 is 0 Å². The van der Waals surface area contributed by atoms with Gasteiger partial charge in [-0.25, -0.2) is 0 Å². The summed E-state index contributed by atoms with van der Waals surface area (Å²) >= 11 is 7.86. The minimum atomic E-state index is -5.08. The van der Waals surface area contributed by atoms with Gasteiger partial charge in [0, 0.05) is 70.9 Å². The maximum absolute atomic E-state index is 13.6. The lowest BCUT2D eigenvalue weighted by Gasteiger charge is -2.25. The fraction of sp³-hybridized carbons (Fsp3) is 0.458. The third-order valence-corrected chi connectivity index (χ3v) is 10.3. The molecule has 3 rings (SSSR count). The number of hydrogen-bond donors (Lipinski definition) is 1. The number of nitro groups is 2. The number of anilines is 2. The van der Waals surface area contributed by atoms with Crippen LogP contribution in [-0.4, -0.2) is 75.2 Å². The van der Waals surface area contributed by atoms with E-state index < -0.39 is 38.6 Å². The Morgan fingerprint density at radius 2 is 1.35 bits per heavy atom. The van der Waals surface area contributed by atoms with Crippen molar-refractivity contribution >= 4 is 76.0 Å². The third-order valence-electron chi connectivity index (χ3n) is 5.59. The van der Waals surface area contributed by atoms with Crippen LogP contribution < -0.4 is 10.3 Å². The fourth-order valence-electron chi connectivity index (χ4n) is 3.63. The Kier molecular flexibility index (Phi) is 13.1. The van der Waals surface area contributed by atoms with Crippen LogP contribution in [0.1, 0.15) is 11.1 Å². The first-order valence-electron chi connectivity index (χ1n) is 12.2. The Morgan fingerprint density at radius 1 is 0.825 bits per heavy atom. The van der Waals surface area contributed by atoms with E-state index in [2.05, 4.69) is 15.4 Å². The Hall–Kier alpha value is -2.30. The molecule has 0 aliphatic carbocycles. The zero-order valence-corrected chi connectivity index (χ0v) is 24.6. The van der Waals surface area contributed by atoms with E-state index in [1.807, 2.05) is 59.2 Å². The summed E-state index contributed by atoms with van der Waals surface area (Å²) in [7, 11) is 0. The molecule has 1 heterocycles. The molecule has 9 nitrogen and oxygen atoms in total. The Labute approximate surface area is 246 Å². The van der Waals surface area contributed by atoms with Crippen LogP contribution in [0.3, 0.4) is 0 Å². The molecular weight excluding hydrogens is 608 g/mol. The van der Waals surface area contributed by atoms with Crippen molar-refractivity contribution in [2.45, 2.75) is 6.18 Å². The second-order valence-corrected chi connectivity index (χ2v) is 13.2. The molecule has 0 unspecified atom stereocenters. The maximum atomic E-state index is 13.6. The van der Waals surface area contributed by atoms with Gasteiger partial charge in [0.25, 0.3) is 5.69 Å². The summed E-state index contributed by atoms with van der Waals surface area (Å²) in [6.45, 7) is 1.79. The first-order valence-corrected chi connectivity index (χ1v) is 16.8. The number of hydrazone groups is 1. The zero-order valence-electron chi connectivity index (χ0n) is 21.3. The van der Waals surface area contributed by atoms with Gasteiger partial charge in [-0.1, -0.05) is 12.1 Å². The van der Waals surface area contributed by atoms with Gasteiger partial charge in [0.1, 0.15) is 5.69 Å². The van der Waals surface area contributed by atoms with Gasteiger partial charge in [-0.15, -0.1) is 0 Å². The zero-order chi connectivity index (χ0) is 29.0. The van der Waals surface area contributed by atoms with Crippen molar-refractivity contribution in [3.8, 4) is 0 Å². The molecule has 0 saturated carbocycles. The molecule has 0 amide bonds. The number of benzene rings is 2. The lowest BCUT2D eigenvalue weighted by Crippen LogP contribution is -2.28. The van der Waals surface area contributed by atoms with Gasteiger partial charge >= 0.3 is 11.9 Å². The van der Waals surface area contributed by atoms with Crippen LogP contribution in [0.4, 0.5) is 35.9 Å². The van der Waals surface area contributed by atoms with E-state index in [4.69, 9.17) is 0 Å². The van der Waals surface area contributed by atoms with Gasteiger partial charge in [-0.05, 0) is 17.7 Å². The molecule has 0 radical (unpaired) electrons. The standard InChI is InChI=1S/C24H28F3N5O4S4/c25-24(26,27)21-15-20(31(33)34)16-22(32(35)36)23(21)29-28-17-18-1-3-19(4-2-18)30-5-7-37-9-11-39-13-14-40-12-10-38-8-6-30/h1-4,15-17,29H,5-14H2/b28-17+. The summed E-state index contributed by atoms with van der Waals surface area (Å²) < 4.78 is 40.7. The van der Waals surface area contributed by atoms with Crippen LogP contribution in [0.25, 0.3) is 0 Å². The van der Waals surface area contributed by atoms with E-state index in [1.165, 1.54) is 17.7 Å². The van der Waals surface area contributed by atoms with Crippen molar-refractivity contribution in [3.63, 3.8) is 0 Å². The molecule has 1 aliphatic heterocycles. The van der Waals surface area contributed by atoms with Crippen LogP contribution in [-0.2, 0) is 6.18 Å². The van der Waals surface area contributed by atoms with Gasteiger partial charge in [-0.2, -0.15) is 65.3 Å². The molecule has 218 valence electrons. The van der Waals surface area contributed by atoms with Crippen LogP contribution in [0.5, 0.6) is 0 Å². The van der Waals surface area contributed by atoms with Gasteiger partial charge in [0.2, 0.25) is 0 Å². The summed E-state index contributed by atoms with van der Waals surface area (Å²) in [6.07, 6.45) is -3.84. The van der Waals surface area contributed by atoms with E-state index in [9.17, 15) is 33.4 Å². The molecule has 0 atom stereocenters. The second kappa shape index (κ2) is 16.2. The monoisotopic (exact) mass is 635 g/mol. The number of alkyl halides is 3. The van der Waals surface area contributed by atoms with E-state index in [1.54, 1.807) is 12.1 Å². The number of non-ortho nitro benzene ring substituents is 1. The van der Waals surface area contributed by atoms with Crippen LogP contribution in [0, 0.1) is 20.2 Å². The minimum absolute atomic E-state index is 0.246. The van der Waals surface area contributed by atoms with Crippen molar-refractivity contribution in [2.75, 3.05) is 69.4 Å². The maximum Gasteiger partial charge on any atom is 0.418 e. The highest BCUT2D eigenvalue weighted by molar-refractivity contribution is 8.05. The Balaban J connectivity index is 1.72. The topological polar surface area (TPSA) is 114 Å². The molecule has 1 saturated heterocycles. The number of nitro benzene ring substituents is 2. The normalized spacial score (nSPS) is 16.7. The van der Waals surface area contributed by atoms with Crippen molar-refractivity contribution < 1.29 is 23.0 Å². The first kappa shape index (κ1) is 32.2. The lowest BCUT2D eigenvalue weighted by atomic mass is 10.1. The van der Waals surface area contributed by atoms with Crippen LogP contribution in [0.2, 0.25) is 0 Å². The van der Waals surface area contributed by atoms with Gasteiger partial charge in [0.15, 0.2) is 0 Å². The molecule has 2 aromatic carbocycles. The second-order valence-electron chi connectivity index (χ2n) is 8.30. The van der Waals surface area contributed by atoms with E-state index in [0.29, 0.717) is 11.6 Å². The van der Waals surface area contributed by atoms with E-state index in [-0.39, 0.29) is 6.07 Å². The summed E-state index contributed by atoms with van der Waals surface area (Å²) in [4.78, 5) is 22.5. The summed E-state index contributed by atoms with van der Waals surface area (Å²) in [6, 6.07) is 8.06. The van der Waals surface area contributed by atoms with Crippen LogP contribution in [0.15, 0.2) is 41.5 Å². The Bertz CT molecular complexity index is 1160. The molecular formula is C24H28F3N5O4S4. The largest absolute Gasteiger partial charge is 0.418 e. The quantitative estimate of drug-likeness (QED) is 0.208. The third kappa shape index (κ3) is 10.3. The minimum Gasteiger partial charge on any atom is -0.370 e. The number of nitrogens with one attached hydrogen (secondary N) is 1. The highest BCUT2D eigenvalue weighted by atomic mass is 32.2. The predicted molar refractivity (Wildman–Crippen MR) is 164 cm³/mol. The van der Waals surface area contributed by atoms with Crippen molar-refractivity contribution in [1.82, 2.24) is 0 Å². The molecule has 1 N–H and O–H groups in total. The number of hydrogen-bond acceptors (Lipinski definition) is 11. The van der Waals surface area contributed by atoms with E-state index in [0.717, 1.165) is 53.3 Å². The van der Waals surface area contributed by atoms with Gasteiger partial charge in [0.05, 0.1) is 27.7 Å². The van der Waals surface area contributed by atoms with Crippen molar-refractivity contribution in [1.29, 1.82) is 0 Å². The van der Waals surface area contributed by atoms with Crippen LogP contribution >= 0.6 is 47.0 Å². The fourth-order valence-corrected chi connectivity index (χ4v) is 7.97. The summed E-state index contributed by atoms with van der Waals surface area (Å²) in [5, 5.41) is 26.1. The van der Waals surface area contributed by atoms with Crippen molar-refractivity contribution in [2.24, 2.45) is 5.10 Å². The molecule has 16 heteroatoms. The molecule has 1 fully saturated rings. The summed E-state index contributed by atoms with van der Waals surface area (Å²) in [5.41, 5.74) is -0.996. The van der Waals surface area contributed by atoms with Crippen molar-refractivity contribution in [3.05, 3.63) is 67.8 Å². The smallest absolute Gasteiger partial charge is 0.370 e.